The summed E-state index contributed by atoms with van der Waals surface area (Å²) in [6.45, 7) is 16.7. The summed E-state index contributed by atoms with van der Waals surface area (Å²) in [5.74, 6) is 1.66. The SMILES string of the molecule is C=C(CC)c1ccccc1.Cc1ccccc1/C(=C\CC(C)CCC(=O)C(C)(C)C)C1CCCCC1. The molecule has 0 saturated heterocycles. The first kappa shape index (κ1) is 29.8. The molecule has 0 aromatic heterocycles. The van der Waals surface area contributed by atoms with Gasteiger partial charge in [-0.05, 0) is 78.7 Å². The lowest BCUT2D eigenvalue weighted by Gasteiger charge is -2.26. The highest BCUT2D eigenvalue weighted by Crippen LogP contribution is 2.37. The molecule has 196 valence electrons. The van der Waals surface area contributed by atoms with E-state index in [1.807, 2.05) is 39.0 Å². The minimum absolute atomic E-state index is 0.204. The van der Waals surface area contributed by atoms with Crippen molar-refractivity contribution in [2.45, 2.75) is 99.3 Å². The van der Waals surface area contributed by atoms with Gasteiger partial charge in [0.1, 0.15) is 5.78 Å². The van der Waals surface area contributed by atoms with Crippen molar-refractivity contribution in [2.75, 3.05) is 0 Å². The summed E-state index contributed by atoms with van der Waals surface area (Å²) in [5, 5.41) is 0. The zero-order chi connectivity index (χ0) is 26.6. The molecule has 0 bridgehead atoms. The highest BCUT2D eigenvalue weighted by molar-refractivity contribution is 5.83. The van der Waals surface area contributed by atoms with E-state index < -0.39 is 0 Å². The molecule has 0 amide bonds. The number of carbonyl (C=O) groups excluding carboxylic acids is 1. The highest BCUT2D eigenvalue weighted by Gasteiger charge is 2.22. The van der Waals surface area contributed by atoms with Gasteiger partial charge in [-0.3, -0.25) is 4.79 Å². The second-order valence-electron chi connectivity index (χ2n) is 11.7. The minimum Gasteiger partial charge on any atom is -0.299 e. The fourth-order valence-corrected chi connectivity index (χ4v) is 4.88. The van der Waals surface area contributed by atoms with Crippen LogP contribution in [-0.2, 0) is 4.79 Å². The molecule has 1 atom stereocenters. The first-order chi connectivity index (χ1) is 17.1. The lowest BCUT2D eigenvalue weighted by Crippen LogP contribution is -2.20. The van der Waals surface area contributed by atoms with Crippen molar-refractivity contribution in [3.63, 3.8) is 0 Å². The van der Waals surface area contributed by atoms with E-state index in [1.165, 1.54) is 54.4 Å². The Morgan fingerprint density at radius 1 is 1.00 bits per heavy atom. The Labute approximate surface area is 222 Å². The predicted molar refractivity (Wildman–Crippen MR) is 159 cm³/mol. The number of Topliss-reactive ketones (excluding diaryl/α,β-unsaturated/α-hetero) is 1. The number of hydrogen-bond acceptors (Lipinski definition) is 1. The van der Waals surface area contributed by atoms with Gasteiger partial charge in [0.05, 0.1) is 0 Å². The van der Waals surface area contributed by atoms with Gasteiger partial charge in [-0.25, -0.2) is 0 Å². The van der Waals surface area contributed by atoms with Crippen LogP contribution >= 0.6 is 0 Å². The molecular weight excluding hydrogens is 436 g/mol. The molecule has 0 heterocycles. The first-order valence-electron chi connectivity index (χ1n) is 14.2. The molecule has 0 spiro atoms. The fourth-order valence-electron chi connectivity index (χ4n) is 4.88. The molecule has 3 rings (SSSR count). The third-order valence-electron chi connectivity index (χ3n) is 7.55. The Morgan fingerprint density at radius 2 is 1.61 bits per heavy atom. The van der Waals surface area contributed by atoms with E-state index >= 15 is 0 Å². The molecule has 1 nitrogen and oxygen atoms in total. The van der Waals surface area contributed by atoms with Gasteiger partial charge in [-0.1, -0.05) is 121 Å². The summed E-state index contributed by atoms with van der Waals surface area (Å²) in [6, 6.07) is 19.1. The second kappa shape index (κ2) is 15.0. The summed E-state index contributed by atoms with van der Waals surface area (Å²) in [4.78, 5) is 12.2. The number of benzene rings is 2. The van der Waals surface area contributed by atoms with Crippen molar-refractivity contribution in [3.8, 4) is 0 Å². The van der Waals surface area contributed by atoms with E-state index in [0.29, 0.717) is 24.0 Å². The van der Waals surface area contributed by atoms with Crippen LogP contribution in [0.3, 0.4) is 0 Å². The van der Waals surface area contributed by atoms with E-state index in [1.54, 1.807) is 5.57 Å². The van der Waals surface area contributed by atoms with E-state index in [9.17, 15) is 4.79 Å². The molecule has 36 heavy (non-hydrogen) atoms. The van der Waals surface area contributed by atoms with Crippen molar-refractivity contribution in [1.82, 2.24) is 0 Å². The normalized spacial score (nSPS) is 15.6. The maximum atomic E-state index is 12.2. The van der Waals surface area contributed by atoms with Gasteiger partial charge < -0.3 is 0 Å². The number of rotatable bonds is 9. The summed E-state index contributed by atoms with van der Waals surface area (Å²) < 4.78 is 0. The Hall–Kier alpha value is -2.41. The van der Waals surface area contributed by atoms with Gasteiger partial charge in [0.15, 0.2) is 0 Å². The first-order valence-corrected chi connectivity index (χ1v) is 14.2. The van der Waals surface area contributed by atoms with E-state index in [-0.39, 0.29) is 5.41 Å². The lowest BCUT2D eigenvalue weighted by atomic mass is 9.79. The van der Waals surface area contributed by atoms with Crippen LogP contribution in [0.1, 0.15) is 109 Å². The summed E-state index contributed by atoms with van der Waals surface area (Å²) >= 11 is 0. The average Bonchev–Trinajstić information content (AvgIpc) is 2.88. The topological polar surface area (TPSA) is 17.1 Å². The molecule has 1 saturated carbocycles. The lowest BCUT2D eigenvalue weighted by molar-refractivity contribution is -0.126. The van der Waals surface area contributed by atoms with Gasteiger partial charge in [0.25, 0.3) is 0 Å². The maximum absolute atomic E-state index is 12.2. The van der Waals surface area contributed by atoms with Gasteiger partial charge in [-0.2, -0.15) is 0 Å². The number of hydrogen-bond donors (Lipinski definition) is 0. The van der Waals surface area contributed by atoms with Crippen LogP contribution < -0.4 is 0 Å². The number of carbonyl (C=O) groups is 1. The molecule has 1 heteroatoms. The molecule has 2 aromatic carbocycles. The Morgan fingerprint density at radius 3 is 2.19 bits per heavy atom. The molecule has 0 N–H and O–H groups in total. The van der Waals surface area contributed by atoms with Crippen molar-refractivity contribution >= 4 is 16.9 Å². The van der Waals surface area contributed by atoms with Crippen molar-refractivity contribution < 1.29 is 4.79 Å². The third-order valence-corrected chi connectivity index (χ3v) is 7.55. The number of ketones is 1. The zero-order valence-electron chi connectivity index (χ0n) is 23.9. The number of aryl methyl sites for hydroxylation is 1. The van der Waals surface area contributed by atoms with Gasteiger partial charge in [0, 0.05) is 11.8 Å². The molecule has 1 aliphatic carbocycles. The molecule has 2 aromatic rings. The highest BCUT2D eigenvalue weighted by atomic mass is 16.1. The zero-order valence-corrected chi connectivity index (χ0v) is 23.9. The van der Waals surface area contributed by atoms with Crippen LogP contribution in [0.15, 0.2) is 67.3 Å². The van der Waals surface area contributed by atoms with Gasteiger partial charge in [0.2, 0.25) is 0 Å². The quantitative estimate of drug-likeness (QED) is 0.344. The largest absolute Gasteiger partial charge is 0.299 e. The molecule has 1 unspecified atom stereocenters. The summed E-state index contributed by atoms with van der Waals surface area (Å²) in [7, 11) is 0. The predicted octanol–water partition coefficient (Wildman–Crippen LogP) is 10.5. The standard InChI is InChI=1S/C25H38O.C10H12/c1-19(16-18-24(26)25(3,4)5)15-17-23(21-12-7-6-8-13-21)22-14-10-9-11-20(22)2;1-3-9(2)10-7-5-4-6-8-10/h9-11,14,17,19,21H,6-8,12-13,15-16,18H2,1-5H3;4-8H,2-3H2,1H3/b23-17-;. The van der Waals surface area contributed by atoms with Crippen LogP contribution in [0.4, 0.5) is 0 Å². The molecule has 0 radical (unpaired) electrons. The van der Waals surface area contributed by atoms with Gasteiger partial charge in [-0.15, -0.1) is 0 Å². The Balaban J connectivity index is 0.000000380. The monoisotopic (exact) mass is 486 g/mol. The van der Waals surface area contributed by atoms with Gasteiger partial charge >= 0.3 is 0 Å². The minimum atomic E-state index is -0.204. The van der Waals surface area contributed by atoms with E-state index in [4.69, 9.17) is 0 Å². The number of allylic oxidation sites excluding steroid dienone is 3. The smallest absolute Gasteiger partial charge is 0.138 e. The Bertz CT molecular complexity index is 967. The van der Waals surface area contributed by atoms with Crippen LogP contribution in [0.25, 0.3) is 11.1 Å². The second-order valence-corrected chi connectivity index (χ2v) is 11.7. The molecular formula is C35H50O. The van der Waals surface area contributed by atoms with Crippen molar-refractivity contribution in [2.24, 2.45) is 17.3 Å². The van der Waals surface area contributed by atoms with Crippen LogP contribution in [0, 0.1) is 24.2 Å². The maximum Gasteiger partial charge on any atom is 0.138 e. The average molecular weight is 487 g/mol. The van der Waals surface area contributed by atoms with Crippen molar-refractivity contribution in [3.05, 3.63) is 83.9 Å². The van der Waals surface area contributed by atoms with Crippen LogP contribution in [0.2, 0.25) is 0 Å². The fraction of sp³-hybridized carbons (Fsp3) is 0.514. The van der Waals surface area contributed by atoms with Crippen molar-refractivity contribution in [1.29, 1.82) is 0 Å². The summed E-state index contributed by atoms with van der Waals surface area (Å²) in [5.41, 5.74) is 6.66. The molecule has 1 aliphatic rings. The Kier molecular flexibility index (Phi) is 12.4. The molecule has 0 aliphatic heterocycles. The van der Waals surface area contributed by atoms with Crippen LogP contribution in [0.5, 0.6) is 0 Å². The van der Waals surface area contributed by atoms with Crippen LogP contribution in [-0.4, -0.2) is 5.78 Å². The third kappa shape index (κ3) is 9.92. The molecule has 1 fully saturated rings. The van der Waals surface area contributed by atoms with E-state index in [0.717, 1.165) is 19.3 Å². The van der Waals surface area contributed by atoms with E-state index in [2.05, 4.69) is 69.8 Å². The summed E-state index contributed by atoms with van der Waals surface area (Å²) in [6.07, 6.45) is 13.1.